The van der Waals surface area contributed by atoms with Gasteiger partial charge in [-0.05, 0) is 23.8 Å². The first-order valence-electron chi connectivity index (χ1n) is 7.15. The molecule has 0 saturated heterocycles. The maximum Gasteiger partial charge on any atom is 0.254 e. The number of fused-ring (bicyclic) bond motifs is 1. The number of benzene rings is 2. The summed E-state index contributed by atoms with van der Waals surface area (Å²) in [7, 11) is -3.44. The third-order valence-corrected chi connectivity index (χ3v) is 4.39. The fourth-order valence-electron chi connectivity index (χ4n) is 2.71. The summed E-state index contributed by atoms with van der Waals surface area (Å²) in [4.78, 5) is 13.9. The van der Waals surface area contributed by atoms with E-state index in [0.717, 1.165) is 6.26 Å². The number of rotatable bonds is 4. The second-order valence-corrected chi connectivity index (χ2v) is 7.40. The average Bonchev–Trinajstić information content (AvgIpc) is 2.81. The lowest BCUT2D eigenvalue weighted by molar-refractivity contribution is 0.0767. The number of carbonyl (C=O) groups is 1. The Morgan fingerprint density at radius 2 is 1.88 bits per heavy atom. The monoisotopic (exact) mass is 348 g/mol. The Bertz CT molecular complexity index is 924. The predicted molar refractivity (Wildman–Crippen MR) is 88.3 cm³/mol. The fraction of sp³-hybridized carbons (Fsp3) is 0.188. The molecule has 7 nitrogen and oxygen atoms in total. The number of anilines is 1. The molecule has 3 rings (SSSR count). The number of phenolic OH excluding ortho intramolecular Hbond substituents is 2. The van der Waals surface area contributed by atoms with Gasteiger partial charge in [-0.2, -0.15) is 0 Å². The normalized spacial score (nSPS) is 13.9. The summed E-state index contributed by atoms with van der Waals surface area (Å²) in [5.74, 6) is -0.858. The van der Waals surface area contributed by atoms with Crippen LogP contribution in [0, 0.1) is 0 Å². The van der Waals surface area contributed by atoms with Gasteiger partial charge in [-0.15, -0.1) is 0 Å². The molecule has 1 aliphatic rings. The second-order valence-electron chi connectivity index (χ2n) is 5.65. The molecular weight excluding hydrogens is 332 g/mol. The molecule has 0 spiro atoms. The summed E-state index contributed by atoms with van der Waals surface area (Å²) < 4.78 is 25.4. The Morgan fingerprint density at radius 1 is 1.17 bits per heavy atom. The third-order valence-electron chi connectivity index (χ3n) is 3.80. The highest BCUT2D eigenvalue weighted by Crippen LogP contribution is 2.37. The first kappa shape index (κ1) is 16.1. The van der Waals surface area contributed by atoms with Crippen molar-refractivity contribution in [2.24, 2.45) is 0 Å². The van der Waals surface area contributed by atoms with Crippen molar-refractivity contribution in [3.8, 4) is 11.5 Å². The Labute approximate surface area is 139 Å². The minimum atomic E-state index is -3.44. The van der Waals surface area contributed by atoms with Gasteiger partial charge in [-0.25, -0.2) is 8.42 Å². The molecule has 0 bridgehead atoms. The largest absolute Gasteiger partial charge is 0.504 e. The van der Waals surface area contributed by atoms with Crippen LogP contribution >= 0.6 is 0 Å². The molecule has 2 aromatic carbocycles. The van der Waals surface area contributed by atoms with Gasteiger partial charge in [0.2, 0.25) is 10.0 Å². The smallest absolute Gasteiger partial charge is 0.254 e. The lowest BCUT2D eigenvalue weighted by Crippen LogP contribution is -2.24. The first-order chi connectivity index (χ1) is 11.3. The average molecular weight is 348 g/mol. The van der Waals surface area contributed by atoms with E-state index >= 15 is 0 Å². The number of hydrogen-bond donors (Lipinski definition) is 3. The quantitative estimate of drug-likeness (QED) is 0.728. The summed E-state index contributed by atoms with van der Waals surface area (Å²) in [6.07, 6.45) is 1.06. The van der Waals surface area contributed by atoms with E-state index in [1.807, 2.05) is 0 Å². The van der Waals surface area contributed by atoms with E-state index in [4.69, 9.17) is 0 Å². The second kappa shape index (κ2) is 5.72. The van der Waals surface area contributed by atoms with E-state index in [1.165, 1.54) is 17.0 Å². The first-order valence-corrected chi connectivity index (χ1v) is 9.04. The van der Waals surface area contributed by atoms with E-state index in [2.05, 4.69) is 4.72 Å². The molecule has 1 aliphatic heterocycles. The molecule has 0 unspecified atom stereocenters. The number of phenols is 2. The van der Waals surface area contributed by atoms with Crippen LogP contribution in [-0.2, 0) is 23.1 Å². The number of hydrogen-bond acceptors (Lipinski definition) is 5. The van der Waals surface area contributed by atoms with Crippen molar-refractivity contribution in [3.05, 3.63) is 53.1 Å². The Morgan fingerprint density at radius 3 is 2.58 bits per heavy atom. The van der Waals surface area contributed by atoms with Crippen molar-refractivity contribution in [1.29, 1.82) is 0 Å². The molecule has 0 radical (unpaired) electrons. The molecule has 0 aromatic heterocycles. The summed E-state index contributed by atoms with van der Waals surface area (Å²) in [6, 6.07) is 9.53. The molecule has 8 heteroatoms. The number of carbonyl (C=O) groups excluding carboxylic acids is 1. The molecule has 126 valence electrons. The van der Waals surface area contributed by atoms with Gasteiger partial charge in [-0.3, -0.25) is 9.52 Å². The molecule has 0 aliphatic carbocycles. The van der Waals surface area contributed by atoms with Crippen LogP contribution in [0.1, 0.15) is 21.5 Å². The van der Waals surface area contributed by atoms with Crippen molar-refractivity contribution in [1.82, 2.24) is 4.90 Å². The van der Waals surface area contributed by atoms with Crippen molar-refractivity contribution >= 4 is 21.6 Å². The van der Waals surface area contributed by atoms with Gasteiger partial charge in [0.05, 0.1) is 18.5 Å². The molecule has 0 saturated carbocycles. The number of amides is 1. The van der Waals surface area contributed by atoms with Crippen LogP contribution in [0.3, 0.4) is 0 Å². The Balaban J connectivity index is 1.89. The molecule has 3 N–H and O–H groups in total. The van der Waals surface area contributed by atoms with Crippen LogP contribution in [0.2, 0.25) is 0 Å². The van der Waals surface area contributed by atoms with E-state index < -0.39 is 10.0 Å². The van der Waals surface area contributed by atoms with Crippen molar-refractivity contribution < 1.29 is 23.4 Å². The molecule has 1 heterocycles. The topological polar surface area (TPSA) is 107 Å². The van der Waals surface area contributed by atoms with Crippen LogP contribution in [0.15, 0.2) is 36.4 Å². The van der Waals surface area contributed by atoms with Gasteiger partial charge < -0.3 is 15.1 Å². The Kier molecular flexibility index (Phi) is 3.84. The summed E-state index contributed by atoms with van der Waals surface area (Å²) in [5.41, 5.74) is 1.73. The highest BCUT2D eigenvalue weighted by molar-refractivity contribution is 7.92. The number of aromatic hydroxyl groups is 2. The fourth-order valence-corrected chi connectivity index (χ4v) is 3.31. The third kappa shape index (κ3) is 3.00. The van der Waals surface area contributed by atoms with E-state index in [0.29, 0.717) is 22.4 Å². The highest BCUT2D eigenvalue weighted by Gasteiger charge is 2.31. The van der Waals surface area contributed by atoms with Crippen molar-refractivity contribution in [2.75, 3.05) is 11.0 Å². The molecule has 0 fully saturated rings. The zero-order chi connectivity index (χ0) is 17.5. The van der Waals surface area contributed by atoms with Gasteiger partial charge in [0.1, 0.15) is 0 Å². The summed E-state index contributed by atoms with van der Waals surface area (Å²) in [5, 5.41) is 19.5. The van der Waals surface area contributed by atoms with Crippen LogP contribution in [0.4, 0.5) is 5.69 Å². The molecular formula is C16H16N2O5S. The van der Waals surface area contributed by atoms with Crippen LogP contribution in [0.25, 0.3) is 0 Å². The van der Waals surface area contributed by atoms with Crippen LogP contribution in [0.5, 0.6) is 11.5 Å². The van der Waals surface area contributed by atoms with Gasteiger partial charge in [0.25, 0.3) is 5.91 Å². The van der Waals surface area contributed by atoms with Crippen molar-refractivity contribution in [2.45, 2.75) is 13.1 Å². The van der Waals surface area contributed by atoms with Gasteiger partial charge >= 0.3 is 0 Å². The number of nitrogens with one attached hydrogen (secondary N) is 1. The minimum Gasteiger partial charge on any atom is -0.504 e. The predicted octanol–water partition coefficient (Wildman–Crippen LogP) is 1.63. The van der Waals surface area contributed by atoms with E-state index in [9.17, 15) is 23.4 Å². The molecule has 1 amide bonds. The summed E-state index contributed by atoms with van der Waals surface area (Å²) in [6.45, 7) is 0.314. The van der Waals surface area contributed by atoms with Crippen molar-refractivity contribution in [3.63, 3.8) is 0 Å². The molecule has 2 aromatic rings. The van der Waals surface area contributed by atoms with Gasteiger partial charge in [0.15, 0.2) is 11.5 Å². The van der Waals surface area contributed by atoms with Crippen LogP contribution in [-0.4, -0.2) is 35.7 Å². The van der Waals surface area contributed by atoms with E-state index in [-0.39, 0.29) is 30.5 Å². The maximum absolute atomic E-state index is 12.5. The van der Waals surface area contributed by atoms with Crippen LogP contribution < -0.4 is 4.72 Å². The standard InChI is InChI=1S/C16H16N2O5S/c1-24(22,23)17-13-5-3-2-4-10(13)8-18-9-12-11(16(18)21)6-7-14(19)15(12)20/h2-7,17,19-20H,8-9H2,1H3. The van der Waals surface area contributed by atoms with E-state index in [1.54, 1.807) is 24.3 Å². The zero-order valence-electron chi connectivity index (χ0n) is 12.9. The lowest BCUT2D eigenvalue weighted by atomic mass is 10.1. The van der Waals surface area contributed by atoms with Gasteiger partial charge in [-0.1, -0.05) is 18.2 Å². The minimum absolute atomic E-state index is 0.140. The molecule has 0 atom stereocenters. The number of sulfonamides is 1. The summed E-state index contributed by atoms with van der Waals surface area (Å²) >= 11 is 0. The van der Waals surface area contributed by atoms with Gasteiger partial charge in [0, 0.05) is 17.7 Å². The molecule has 24 heavy (non-hydrogen) atoms. The Hall–Kier alpha value is -2.74. The maximum atomic E-state index is 12.5. The zero-order valence-corrected chi connectivity index (χ0v) is 13.7. The highest BCUT2D eigenvalue weighted by atomic mass is 32.2. The SMILES string of the molecule is CS(=O)(=O)Nc1ccccc1CN1Cc2c(ccc(O)c2O)C1=O. The lowest BCUT2D eigenvalue weighted by Gasteiger charge is -2.18. The number of para-hydroxylation sites is 1. The number of nitrogens with zero attached hydrogens (tertiary/aromatic N) is 1.